The molecule has 1 aliphatic rings. The molecular formula is C16H24ClNO. The zero-order valence-corrected chi connectivity index (χ0v) is 12.6. The van der Waals surface area contributed by atoms with E-state index in [1.165, 1.54) is 11.1 Å². The van der Waals surface area contributed by atoms with Gasteiger partial charge in [-0.2, -0.15) is 0 Å². The molecule has 1 aromatic rings. The van der Waals surface area contributed by atoms with E-state index in [9.17, 15) is 0 Å². The van der Waals surface area contributed by atoms with Gasteiger partial charge in [0.25, 0.3) is 0 Å². The second kappa shape index (κ2) is 7.28. The van der Waals surface area contributed by atoms with Crippen molar-refractivity contribution in [3.8, 4) is 0 Å². The van der Waals surface area contributed by atoms with Gasteiger partial charge >= 0.3 is 0 Å². The number of fused-ring (bicyclic) bond motifs is 1. The minimum Gasteiger partial charge on any atom is -0.372 e. The van der Waals surface area contributed by atoms with Gasteiger partial charge in [-0.1, -0.05) is 38.1 Å². The van der Waals surface area contributed by atoms with Gasteiger partial charge in [0, 0.05) is 18.5 Å². The maximum absolute atomic E-state index is 6.03. The predicted octanol–water partition coefficient (Wildman–Crippen LogP) is 3.54. The molecule has 2 rings (SSSR count). The van der Waals surface area contributed by atoms with Crippen LogP contribution < -0.4 is 5.32 Å². The zero-order chi connectivity index (χ0) is 13.7. The van der Waals surface area contributed by atoms with Crippen LogP contribution >= 0.6 is 11.6 Å². The standard InChI is InChI=1S/C16H24ClNO/c1-12(2)9-14(10-17)18-11-16-15-6-4-3-5-13(15)7-8-19-16/h3-6,12,14,16,18H,7-11H2,1-2H3. The van der Waals surface area contributed by atoms with Crippen molar-refractivity contribution in [1.82, 2.24) is 5.32 Å². The van der Waals surface area contributed by atoms with Crippen LogP contribution in [-0.2, 0) is 11.2 Å². The highest BCUT2D eigenvalue weighted by Gasteiger charge is 2.21. The van der Waals surface area contributed by atoms with Gasteiger partial charge < -0.3 is 10.1 Å². The Hall–Kier alpha value is -0.570. The van der Waals surface area contributed by atoms with Crippen LogP contribution in [-0.4, -0.2) is 25.1 Å². The minimum absolute atomic E-state index is 0.169. The van der Waals surface area contributed by atoms with Gasteiger partial charge in [-0.15, -0.1) is 11.6 Å². The Balaban J connectivity index is 1.93. The molecule has 0 bridgehead atoms. The van der Waals surface area contributed by atoms with Crippen molar-refractivity contribution in [2.75, 3.05) is 19.0 Å². The van der Waals surface area contributed by atoms with Crippen LogP contribution in [0.2, 0.25) is 0 Å². The molecule has 3 heteroatoms. The van der Waals surface area contributed by atoms with Crippen LogP contribution in [0, 0.1) is 5.92 Å². The third kappa shape index (κ3) is 4.20. The monoisotopic (exact) mass is 281 g/mol. The van der Waals surface area contributed by atoms with E-state index in [4.69, 9.17) is 16.3 Å². The highest BCUT2D eigenvalue weighted by Crippen LogP contribution is 2.26. The van der Waals surface area contributed by atoms with Crippen molar-refractivity contribution in [1.29, 1.82) is 0 Å². The Bertz CT molecular complexity index is 394. The van der Waals surface area contributed by atoms with Gasteiger partial charge in [-0.05, 0) is 29.9 Å². The maximum Gasteiger partial charge on any atom is 0.0952 e. The van der Waals surface area contributed by atoms with Crippen LogP contribution in [0.4, 0.5) is 0 Å². The number of rotatable bonds is 6. The van der Waals surface area contributed by atoms with Gasteiger partial charge in [-0.25, -0.2) is 0 Å². The second-order valence-corrected chi connectivity index (χ2v) is 6.01. The molecule has 1 heterocycles. The van der Waals surface area contributed by atoms with Crippen LogP contribution in [0.15, 0.2) is 24.3 Å². The fraction of sp³-hybridized carbons (Fsp3) is 0.625. The lowest BCUT2D eigenvalue weighted by Crippen LogP contribution is -2.37. The first kappa shape index (κ1) is 14.8. The Kier molecular flexibility index (Phi) is 5.68. The van der Waals surface area contributed by atoms with E-state index in [1.807, 2.05) is 0 Å². The molecule has 0 fully saturated rings. The molecule has 0 saturated carbocycles. The number of nitrogens with one attached hydrogen (secondary N) is 1. The SMILES string of the molecule is CC(C)CC(CCl)NCC1OCCc2ccccc21. The third-order valence-corrected chi connectivity index (χ3v) is 4.00. The van der Waals surface area contributed by atoms with Crippen molar-refractivity contribution in [3.05, 3.63) is 35.4 Å². The molecule has 2 unspecified atom stereocenters. The largest absolute Gasteiger partial charge is 0.372 e. The van der Waals surface area contributed by atoms with E-state index in [1.54, 1.807) is 0 Å². The van der Waals surface area contributed by atoms with E-state index >= 15 is 0 Å². The Morgan fingerprint density at radius 2 is 2.16 bits per heavy atom. The predicted molar refractivity (Wildman–Crippen MR) is 80.8 cm³/mol. The number of alkyl halides is 1. The van der Waals surface area contributed by atoms with Crippen molar-refractivity contribution >= 4 is 11.6 Å². The molecule has 0 aromatic heterocycles. The van der Waals surface area contributed by atoms with Crippen LogP contribution in [0.25, 0.3) is 0 Å². The molecule has 2 atom stereocenters. The topological polar surface area (TPSA) is 21.3 Å². The van der Waals surface area contributed by atoms with Crippen LogP contribution in [0.3, 0.4) is 0 Å². The average Bonchev–Trinajstić information content (AvgIpc) is 2.43. The van der Waals surface area contributed by atoms with Crippen molar-refractivity contribution in [3.63, 3.8) is 0 Å². The number of ether oxygens (including phenoxy) is 1. The first-order valence-electron chi connectivity index (χ1n) is 7.19. The van der Waals surface area contributed by atoms with Gasteiger partial charge in [0.1, 0.15) is 0 Å². The summed E-state index contributed by atoms with van der Waals surface area (Å²) in [5, 5.41) is 3.55. The molecule has 0 radical (unpaired) electrons. The summed E-state index contributed by atoms with van der Waals surface area (Å²) in [6.45, 7) is 6.13. The highest BCUT2D eigenvalue weighted by molar-refractivity contribution is 6.18. The Labute approximate surface area is 121 Å². The summed E-state index contributed by atoms with van der Waals surface area (Å²) in [6, 6.07) is 8.96. The molecule has 1 aliphatic heterocycles. The summed E-state index contributed by atoms with van der Waals surface area (Å²) in [4.78, 5) is 0. The fourth-order valence-electron chi connectivity index (χ4n) is 2.69. The highest BCUT2D eigenvalue weighted by atomic mass is 35.5. The number of hydrogen-bond donors (Lipinski definition) is 1. The third-order valence-electron chi connectivity index (χ3n) is 3.63. The van der Waals surface area contributed by atoms with Gasteiger partial charge in [0.15, 0.2) is 0 Å². The average molecular weight is 282 g/mol. The molecule has 0 aliphatic carbocycles. The van der Waals surface area contributed by atoms with Gasteiger partial charge in [-0.3, -0.25) is 0 Å². The Morgan fingerprint density at radius 1 is 1.37 bits per heavy atom. The lowest BCUT2D eigenvalue weighted by Gasteiger charge is -2.28. The molecule has 0 amide bonds. The first-order chi connectivity index (χ1) is 9.20. The fourth-order valence-corrected chi connectivity index (χ4v) is 2.92. The molecule has 0 saturated heterocycles. The van der Waals surface area contributed by atoms with E-state index in [2.05, 4.69) is 43.4 Å². The molecule has 0 spiro atoms. The van der Waals surface area contributed by atoms with Gasteiger partial charge in [0.2, 0.25) is 0 Å². The zero-order valence-electron chi connectivity index (χ0n) is 11.9. The first-order valence-corrected chi connectivity index (χ1v) is 7.73. The summed E-state index contributed by atoms with van der Waals surface area (Å²) in [5.41, 5.74) is 2.76. The quantitative estimate of drug-likeness (QED) is 0.805. The summed E-state index contributed by atoms with van der Waals surface area (Å²) >= 11 is 6.03. The smallest absolute Gasteiger partial charge is 0.0952 e. The summed E-state index contributed by atoms with van der Waals surface area (Å²) in [7, 11) is 0. The van der Waals surface area contributed by atoms with E-state index in [-0.39, 0.29) is 6.10 Å². The number of benzene rings is 1. The maximum atomic E-state index is 6.03. The summed E-state index contributed by atoms with van der Waals surface area (Å²) in [5.74, 6) is 1.32. The molecule has 19 heavy (non-hydrogen) atoms. The lowest BCUT2D eigenvalue weighted by molar-refractivity contribution is 0.0406. The Morgan fingerprint density at radius 3 is 2.89 bits per heavy atom. The molecule has 2 nitrogen and oxygen atoms in total. The second-order valence-electron chi connectivity index (χ2n) is 5.70. The van der Waals surface area contributed by atoms with Crippen LogP contribution in [0.1, 0.15) is 37.5 Å². The summed E-state index contributed by atoms with van der Waals surface area (Å²) < 4.78 is 5.90. The molecule has 1 aromatic carbocycles. The van der Waals surface area contributed by atoms with Crippen LogP contribution in [0.5, 0.6) is 0 Å². The lowest BCUT2D eigenvalue weighted by atomic mass is 9.97. The van der Waals surface area contributed by atoms with Crippen molar-refractivity contribution in [2.24, 2.45) is 5.92 Å². The van der Waals surface area contributed by atoms with E-state index in [0.717, 1.165) is 26.0 Å². The molecule has 1 N–H and O–H groups in total. The normalized spacial score (nSPS) is 20.3. The minimum atomic E-state index is 0.169. The van der Waals surface area contributed by atoms with E-state index < -0.39 is 0 Å². The molecular weight excluding hydrogens is 258 g/mol. The summed E-state index contributed by atoms with van der Waals surface area (Å²) in [6.07, 6.45) is 2.30. The number of halogens is 1. The van der Waals surface area contributed by atoms with Crippen molar-refractivity contribution in [2.45, 2.75) is 38.8 Å². The van der Waals surface area contributed by atoms with Crippen molar-refractivity contribution < 1.29 is 4.74 Å². The van der Waals surface area contributed by atoms with E-state index in [0.29, 0.717) is 17.8 Å². The van der Waals surface area contributed by atoms with Gasteiger partial charge in [0.05, 0.1) is 12.7 Å². The number of hydrogen-bond acceptors (Lipinski definition) is 2. The molecule has 106 valence electrons.